The third-order valence-corrected chi connectivity index (χ3v) is 2.31. The van der Waals surface area contributed by atoms with Gasteiger partial charge in [-0.15, -0.1) is 0 Å². The fraction of sp³-hybridized carbons (Fsp3) is 0.417. The van der Waals surface area contributed by atoms with E-state index in [9.17, 15) is 14.3 Å². The summed E-state index contributed by atoms with van der Waals surface area (Å²) in [6.45, 7) is 3.67. The van der Waals surface area contributed by atoms with Gasteiger partial charge in [0.05, 0.1) is 5.56 Å². The van der Waals surface area contributed by atoms with Crippen molar-refractivity contribution in [2.24, 2.45) is 5.73 Å². The lowest BCUT2D eigenvalue weighted by molar-refractivity contribution is 0.0935. The van der Waals surface area contributed by atoms with Crippen molar-refractivity contribution in [2.75, 3.05) is 0 Å². The predicted octanol–water partition coefficient (Wildman–Crippen LogP) is 1.39. The molecule has 0 aliphatic heterocycles. The molecule has 0 aliphatic rings. The van der Waals surface area contributed by atoms with Crippen molar-refractivity contribution in [3.63, 3.8) is 0 Å². The van der Waals surface area contributed by atoms with E-state index in [2.05, 4.69) is 5.32 Å². The molecule has 0 heterocycles. The zero-order valence-corrected chi connectivity index (χ0v) is 9.90. The first-order valence-electron chi connectivity index (χ1n) is 5.45. The van der Waals surface area contributed by atoms with Crippen LogP contribution in [-0.2, 0) is 0 Å². The molecule has 2 unspecified atom stereocenters. The lowest BCUT2D eigenvalue weighted by atomic mass is 10.1. The van der Waals surface area contributed by atoms with Crippen LogP contribution >= 0.6 is 0 Å². The molecule has 1 aromatic carbocycles. The van der Waals surface area contributed by atoms with E-state index >= 15 is 0 Å². The van der Waals surface area contributed by atoms with Gasteiger partial charge in [-0.1, -0.05) is 0 Å². The minimum atomic E-state index is -0.581. The molecule has 0 radical (unpaired) electrons. The number of rotatable bonds is 4. The maximum Gasteiger partial charge on any atom is 0.255 e. The van der Waals surface area contributed by atoms with Gasteiger partial charge in [-0.2, -0.15) is 0 Å². The normalized spacial score (nSPS) is 14.1. The Kier molecular flexibility index (Phi) is 4.45. The summed E-state index contributed by atoms with van der Waals surface area (Å²) in [7, 11) is 0. The summed E-state index contributed by atoms with van der Waals surface area (Å²) in [5, 5.41) is 12.1. The monoisotopic (exact) mass is 240 g/mol. The van der Waals surface area contributed by atoms with Gasteiger partial charge in [0.15, 0.2) is 0 Å². The summed E-state index contributed by atoms with van der Waals surface area (Å²) in [6.07, 6.45) is 0.633. The molecule has 17 heavy (non-hydrogen) atoms. The van der Waals surface area contributed by atoms with Crippen LogP contribution in [0.5, 0.6) is 5.75 Å². The summed E-state index contributed by atoms with van der Waals surface area (Å²) in [6, 6.07) is 3.16. The van der Waals surface area contributed by atoms with E-state index in [0.717, 1.165) is 12.1 Å². The van der Waals surface area contributed by atoms with E-state index in [-0.39, 0.29) is 23.4 Å². The van der Waals surface area contributed by atoms with Crippen molar-refractivity contribution < 1.29 is 14.3 Å². The highest BCUT2D eigenvalue weighted by atomic mass is 19.1. The Bertz CT molecular complexity index is 407. The molecule has 0 aromatic heterocycles. The number of aromatic hydroxyl groups is 1. The molecule has 2 atom stereocenters. The van der Waals surface area contributed by atoms with Crippen molar-refractivity contribution in [1.29, 1.82) is 0 Å². The average Bonchev–Trinajstić information content (AvgIpc) is 2.15. The van der Waals surface area contributed by atoms with Crippen molar-refractivity contribution in [2.45, 2.75) is 32.4 Å². The van der Waals surface area contributed by atoms with Crippen molar-refractivity contribution in [3.8, 4) is 5.75 Å². The minimum absolute atomic E-state index is 0.0212. The van der Waals surface area contributed by atoms with E-state index < -0.39 is 11.7 Å². The van der Waals surface area contributed by atoms with Crippen LogP contribution in [0.4, 0.5) is 4.39 Å². The third-order valence-electron chi connectivity index (χ3n) is 2.31. The number of nitrogens with one attached hydrogen (secondary N) is 1. The second-order valence-electron chi connectivity index (χ2n) is 4.25. The Balaban J connectivity index is 2.70. The number of halogens is 1. The van der Waals surface area contributed by atoms with Crippen LogP contribution in [-0.4, -0.2) is 23.1 Å². The molecule has 5 heteroatoms. The Morgan fingerprint density at radius 2 is 2.18 bits per heavy atom. The summed E-state index contributed by atoms with van der Waals surface area (Å²) in [5.41, 5.74) is 5.67. The van der Waals surface area contributed by atoms with Gasteiger partial charge >= 0.3 is 0 Å². The van der Waals surface area contributed by atoms with Gasteiger partial charge in [0, 0.05) is 18.2 Å². The number of phenols is 1. The van der Waals surface area contributed by atoms with E-state index in [4.69, 9.17) is 5.73 Å². The third kappa shape index (κ3) is 4.03. The minimum Gasteiger partial charge on any atom is -0.507 e. The predicted molar refractivity (Wildman–Crippen MR) is 63.3 cm³/mol. The number of carbonyl (C=O) groups is 1. The number of phenolic OH excluding ortho intramolecular Hbond substituents is 1. The molecule has 0 aliphatic carbocycles. The lowest BCUT2D eigenvalue weighted by Gasteiger charge is -2.16. The molecule has 0 saturated heterocycles. The maximum atomic E-state index is 12.7. The van der Waals surface area contributed by atoms with Crippen LogP contribution in [0, 0.1) is 5.82 Å². The number of hydrogen-bond donors (Lipinski definition) is 3. The quantitative estimate of drug-likeness (QED) is 0.744. The molecule has 94 valence electrons. The summed E-state index contributed by atoms with van der Waals surface area (Å²) in [5.74, 6) is -1.38. The van der Waals surface area contributed by atoms with E-state index in [1.54, 1.807) is 0 Å². The Hall–Kier alpha value is -1.62. The molecule has 1 rings (SSSR count). The van der Waals surface area contributed by atoms with Crippen molar-refractivity contribution >= 4 is 5.91 Å². The van der Waals surface area contributed by atoms with Crippen LogP contribution in [0.3, 0.4) is 0 Å². The van der Waals surface area contributed by atoms with E-state index in [1.165, 1.54) is 6.07 Å². The molecule has 4 N–H and O–H groups in total. The zero-order chi connectivity index (χ0) is 13.0. The van der Waals surface area contributed by atoms with Gasteiger partial charge in [-0.3, -0.25) is 4.79 Å². The molecule has 0 fully saturated rings. The lowest BCUT2D eigenvalue weighted by Crippen LogP contribution is -2.36. The van der Waals surface area contributed by atoms with Gasteiger partial charge in [0.25, 0.3) is 5.91 Å². The van der Waals surface area contributed by atoms with Gasteiger partial charge in [-0.05, 0) is 32.4 Å². The number of benzene rings is 1. The van der Waals surface area contributed by atoms with E-state index in [1.807, 2.05) is 13.8 Å². The second-order valence-corrected chi connectivity index (χ2v) is 4.25. The number of carbonyl (C=O) groups excluding carboxylic acids is 1. The van der Waals surface area contributed by atoms with Crippen LogP contribution in [0.2, 0.25) is 0 Å². The highest BCUT2D eigenvalue weighted by molar-refractivity contribution is 5.96. The molecule has 0 saturated carbocycles. The number of amides is 1. The molecule has 0 bridgehead atoms. The van der Waals surface area contributed by atoms with Gasteiger partial charge < -0.3 is 16.2 Å². The Morgan fingerprint density at radius 1 is 1.53 bits per heavy atom. The highest BCUT2D eigenvalue weighted by Crippen LogP contribution is 2.18. The Labute approximate surface area is 99.6 Å². The number of nitrogens with two attached hydrogens (primary N) is 1. The van der Waals surface area contributed by atoms with Gasteiger partial charge in [0.2, 0.25) is 0 Å². The first kappa shape index (κ1) is 13.4. The highest BCUT2D eigenvalue weighted by Gasteiger charge is 2.14. The Morgan fingerprint density at radius 3 is 2.71 bits per heavy atom. The smallest absolute Gasteiger partial charge is 0.255 e. The second kappa shape index (κ2) is 5.63. The van der Waals surface area contributed by atoms with Gasteiger partial charge in [0.1, 0.15) is 11.6 Å². The molecular formula is C12H17FN2O2. The largest absolute Gasteiger partial charge is 0.507 e. The first-order valence-corrected chi connectivity index (χ1v) is 5.45. The SMILES string of the molecule is CC(N)CC(C)NC(=O)c1ccc(F)cc1O. The summed E-state index contributed by atoms with van der Waals surface area (Å²) in [4.78, 5) is 11.7. The standard InChI is InChI=1S/C12H17FN2O2/c1-7(14)5-8(2)15-12(17)10-4-3-9(13)6-11(10)16/h3-4,6-8,16H,5,14H2,1-2H3,(H,15,17). The van der Waals surface area contributed by atoms with Crippen molar-refractivity contribution in [3.05, 3.63) is 29.6 Å². The number of hydrogen-bond acceptors (Lipinski definition) is 3. The molecule has 1 aromatic rings. The van der Waals surface area contributed by atoms with Crippen molar-refractivity contribution in [1.82, 2.24) is 5.32 Å². The van der Waals surface area contributed by atoms with E-state index in [0.29, 0.717) is 6.42 Å². The van der Waals surface area contributed by atoms with Crippen LogP contribution in [0.1, 0.15) is 30.6 Å². The molecule has 0 spiro atoms. The van der Waals surface area contributed by atoms with Crippen LogP contribution in [0.25, 0.3) is 0 Å². The fourth-order valence-corrected chi connectivity index (χ4v) is 1.61. The molecule has 4 nitrogen and oxygen atoms in total. The zero-order valence-electron chi connectivity index (χ0n) is 9.90. The van der Waals surface area contributed by atoms with Crippen LogP contribution < -0.4 is 11.1 Å². The molecular weight excluding hydrogens is 223 g/mol. The van der Waals surface area contributed by atoms with Gasteiger partial charge in [-0.25, -0.2) is 4.39 Å². The average molecular weight is 240 g/mol. The summed E-state index contributed by atoms with van der Waals surface area (Å²) >= 11 is 0. The summed E-state index contributed by atoms with van der Waals surface area (Å²) < 4.78 is 12.7. The molecule has 1 amide bonds. The fourth-order valence-electron chi connectivity index (χ4n) is 1.61. The first-order chi connectivity index (χ1) is 7.90. The maximum absolute atomic E-state index is 12.7. The topological polar surface area (TPSA) is 75.3 Å². The van der Waals surface area contributed by atoms with Crippen LogP contribution in [0.15, 0.2) is 18.2 Å².